The molecule has 1 N–H and O–H groups in total. The van der Waals surface area contributed by atoms with E-state index >= 15 is 0 Å². The van der Waals surface area contributed by atoms with E-state index in [1.807, 2.05) is 47.4 Å². The first-order valence-electron chi connectivity index (χ1n) is 10.1. The highest BCUT2D eigenvalue weighted by Gasteiger charge is 2.27. The van der Waals surface area contributed by atoms with Crippen LogP contribution in [0.15, 0.2) is 54.6 Å². The van der Waals surface area contributed by atoms with Gasteiger partial charge in [-0.05, 0) is 50.2 Å². The molecular weight excluding hydrogens is 362 g/mol. The lowest BCUT2D eigenvalue weighted by Crippen LogP contribution is -2.53. The number of rotatable bonds is 4. The van der Waals surface area contributed by atoms with Crippen molar-refractivity contribution in [3.05, 3.63) is 65.7 Å². The average molecular weight is 389 g/mol. The van der Waals surface area contributed by atoms with Crippen LogP contribution in [0, 0.1) is 6.92 Å². The molecule has 3 aromatic rings. The lowest BCUT2D eigenvalue weighted by atomic mass is 10.0. The number of aromatic nitrogens is 1. The van der Waals surface area contributed by atoms with Crippen molar-refractivity contribution in [2.45, 2.75) is 19.4 Å². The first-order valence-corrected chi connectivity index (χ1v) is 10.1. The van der Waals surface area contributed by atoms with E-state index in [1.165, 1.54) is 5.56 Å². The van der Waals surface area contributed by atoms with Crippen LogP contribution in [0.2, 0.25) is 0 Å². The number of fused-ring (bicyclic) bond motifs is 1. The minimum absolute atomic E-state index is 0.0511. The Morgan fingerprint density at radius 2 is 1.90 bits per heavy atom. The van der Waals surface area contributed by atoms with E-state index in [-0.39, 0.29) is 18.6 Å². The van der Waals surface area contributed by atoms with Gasteiger partial charge in [-0.1, -0.05) is 30.3 Å². The molecule has 1 aliphatic rings. The van der Waals surface area contributed by atoms with Crippen LogP contribution < -0.4 is 0 Å². The molecule has 0 bridgehead atoms. The van der Waals surface area contributed by atoms with Crippen LogP contribution >= 0.6 is 0 Å². The van der Waals surface area contributed by atoms with Crippen molar-refractivity contribution in [2.75, 3.05) is 33.3 Å². The number of hydrogen-bond donors (Lipinski definition) is 1. The largest absolute Gasteiger partial charge is 0.396 e. The molecule has 2 aromatic carbocycles. The van der Waals surface area contributed by atoms with Crippen molar-refractivity contribution in [3.63, 3.8) is 0 Å². The number of carbonyl (C=O) groups excluding carboxylic acids is 1. The van der Waals surface area contributed by atoms with Gasteiger partial charge < -0.3 is 10.0 Å². The molecule has 1 fully saturated rings. The van der Waals surface area contributed by atoms with E-state index in [0.717, 1.165) is 28.7 Å². The Balaban J connectivity index is 1.54. The monoisotopic (exact) mass is 389 g/mol. The highest BCUT2D eigenvalue weighted by atomic mass is 16.3. The van der Waals surface area contributed by atoms with Crippen LogP contribution in [0.4, 0.5) is 0 Å². The lowest BCUT2D eigenvalue weighted by Gasteiger charge is -2.39. The number of amides is 1. The fraction of sp³-hybridized carbons (Fsp3) is 0.333. The van der Waals surface area contributed by atoms with Gasteiger partial charge in [-0.25, -0.2) is 4.98 Å². The zero-order valence-electron chi connectivity index (χ0n) is 17.0. The van der Waals surface area contributed by atoms with Gasteiger partial charge in [0, 0.05) is 48.8 Å². The number of likely N-dealkylation sites (N-methyl/N-ethyl adjacent to an activating group) is 1. The summed E-state index contributed by atoms with van der Waals surface area (Å²) in [6.45, 7) is 4.44. The van der Waals surface area contributed by atoms with Crippen LogP contribution in [-0.4, -0.2) is 65.1 Å². The minimum atomic E-state index is 0.0511. The average Bonchev–Trinajstić information content (AvgIpc) is 2.75. The molecular formula is C24H27N3O2. The minimum Gasteiger partial charge on any atom is -0.396 e. The molecule has 0 aliphatic carbocycles. The Morgan fingerprint density at radius 3 is 2.66 bits per heavy atom. The molecule has 0 radical (unpaired) electrons. The smallest absolute Gasteiger partial charge is 0.253 e. The number of benzene rings is 2. The predicted octanol–water partition coefficient (Wildman–Crippen LogP) is 3.35. The fourth-order valence-corrected chi connectivity index (χ4v) is 4.05. The number of nitrogens with zero attached hydrogens (tertiary/aromatic N) is 3. The molecule has 2 heterocycles. The topological polar surface area (TPSA) is 56.7 Å². The third kappa shape index (κ3) is 4.02. The highest BCUT2D eigenvalue weighted by Crippen LogP contribution is 2.25. The Morgan fingerprint density at radius 1 is 1.14 bits per heavy atom. The van der Waals surface area contributed by atoms with Crippen molar-refractivity contribution in [2.24, 2.45) is 0 Å². The van der Waals surface area contributed by atoms with Crippen molar-refractivity contribution < 1.29 is 9.90 Å². The SMILES string of the molecule is Cc1cc(-c2ccc(C(=O)N3CCN(C)[C@@H](CCO)C3)cc2)nc2ccccc12. The summed E-state index contributed by atoms with van der Waals surface area (Å²) in [5.41, 5.74) is 4.79. The summed E-state index contributed by atoms with van der Waals surface area (Å²) in [5.74, 6) is 0.0511. The first-order chi connectivity index (χ1) is 14.1. The van der Waals surface area contributed by atoms with Gasteiger partial charge in [0.2, 0.25) is 0 Å². The Labute approximate surface area is 171 Å². The van der Waals surface area contributed by atoms with Crippen molar-refractivity contribution >= 4 is 16.8 Å². The molecule has 29 heavy (non-hydrogen) atoms. The maximum absolute atomic E-state index is 13.0. The molecule has 1 saturated heterocycles. The van der Waals surface area contributed by atoms with E-state index < -0.39 is 0 Å². The molecule has 5 heteroatoms. The molecule has 1 amide bonds. The van der Waals surface area contributed by atoms with Gasteiger partial charge in [0.25, 0.3) is 5.91 Å². The molecule has 1 atom stereocenters. The van der Waals surface area contributed by atoms with Gasteiger partial charge in [0.1, 0.15) is 0 Å². The second-order valence-corrected chi connectivity index (χ2v) is 7.82. The number of aliphatic hydroxyl groups is 1. The van der Waals surface area contributed by atoms with E-state index in [1.54, 1.807) is 0 Å². The van der Waals surface area contributed by atoms with Gasteiger partial charge in [-0.15, -0.1) is 0 Å². The van der Waals surface area contributed by atoms with Crippen molar-refractivity contribution in [1.82, 2.24) is 14.8 Å². The highest BCUT2D eigenvalue weighted by molar-refractivity contribution is 5.95. The summed E-state index contributed by atoms with van der Waals surface area (Å²) in [6.07, 6.45) is 0.687. The maximum atomic E-state index is 13.0. The van der Waals surface area contributed by atoms with Gasteiger partial charge in [-0.2, -0.15) is 0 Å². The first kappa shape index (κ1) is 19.6. The summed E-state index contributed by atoms with van der Waals surface area (Å²) < 4.78 is 0. The third-order valence-electron chi connectivity index (χ3n) is 5.88. The second-order valence-electron chi connectivity index (χ2n) is 7.82. The number of hydrogen-bond acceptors (Lipinski definition) is 4. The zero-order chi connectivity index (χ0) is 20.4. The molecule has 4 rings (SSSR count). The Bertz CT molecular complexity index is 1020. The van der Waals surface area contributed by atoms with Crippen molar-refractivity contribution in [1.29, 1.82) is 0 Å². The zero-order valence-corrected chi connectivity index (χ0v) is 17.0. The number of aryl methyl sites for hydroxylation is 1. The molecule has 1 aliphatic heterocycles. The summed E-state index contributed by atoms with van der Waals surface area (Å²) in [6, 6.07) is 18.2. The van der Waals surface area contributed by atoms with E-state index in [2.05, 4.69) is 31.0 Å². The van der Waals surface area contributed by atoms with E-state index in [9.17, 15) is 9.90 Å². The summed E-state index contributed by atoms with van der Waals surface area (Å²) in [5, 5.41) is 10.4. The summed E-state index contributed by atoms with van der Waals surface area (Å²) in [4.78, 5) is 21.9. The van der Waals surface area contributed by atoms with Gasteiger partial charge in [0.15, 0.2) is 0 Å². The molecule has 0 spiro atoms. The summed E-state index contributed by atoms with van der Waals surface area (Å²) >= 11 is 0. The number of para-hydroxylation sites is 1. The van der Waals surface area contributed by atoms with E-state index in [0.29, 0.717) is 25.1 Å². The maximum Gasteiger partial charge on any atom is 0.253 e. The van der Waals surface area contributed by atoms with E-state index in [4.69, 9.17) is 4.98 Å². The molecule has 5 nitrogen and oxygen atoms in total. The molecule has 1 aromatic heterocycles. The molecule has 0 saturated carbocycles. The second kappa shape index (κ2) is 8.31. The summed E-state index contributed by atoms with van der Waals surface area (Å²) in [7, 11) is 2.05. The standard InChI is InChI=1S/C24H27N3O2/c1-17-15-23(25-22-6-4-3-5-21(17)22)18-7-9-19(10-8-18)24(29)27-13-12-26(2)20(16-27)11-14-28/h3-10,15,20,28H,11-14,16H2,1-2H3/t20-/m0/s1. The Kier molecular flexibility index (Phi) is 5.60. The van der Waals surface area contributed by atoms with Gasteiger partial charge in [0.05, 0.1) is 11.2 Å². The van der Waals surface area contributed by atoms with Crippen LogP contribution in [0.1, 0.15) is 22.3 Å². The molecule has 0 unspecified atom stereocenters. The lowest BCUT2D eigenvalue weighted by molar-refractivity contribution is 0.0500. The van der Waals surface area contributed by atoms with Gasteiger partial charge in [-0.3, -0.25) is 9.69 Å². The number of aliphatic hydroxyl groups excluding tert-OH is 1. The van der Waals surface area contributed by atoms with Crippen molar-refractivity contribution in [3.8, 4) is 11.3 Å². The van der Waals surface area contributed by atoms with Crippen LogP contribution in [0.3, 0.4) is 0 Å². The molecule has 150 valence electrons. The van der Waals surface area contributed by atoms with Crippen LogP contribution in [0.25, 0.3) is 22.2 Å². The fourth-order valence-electron chi connectivity index (χ4n) is 4.05. The van der Waals surface area contributed by atoms with Crippen LogP contribution in [-0.2, 0) is 0 Å². The number of carbonyl (C=O) groups is 1. The van der Waals surface area contributed by atoms with Gasteiger partial charge >= 0.3 is 0 Å². The predicted molar refractivity (Wildman–Crippen MR) is 116 cm³/mol. The Hall–Kier alpha value is -2.76. The van der Waals surface area contributed by atoms with Crippen LogP contribution in [0.5, 0.6) is 0 Å². The number of pyridine rings is 1. The third-order valence-corrected chi connectivity index (χ3v) is 5.88. The quantitative estimate of drug-likeness (QED) is 0.744. The number of piperazine rings is 1. The normalized spacial score (nSPS) is 17.6.